The first-order valence-corrected chi connectivity index (χ1v) is 14.2. The van der Waals surface area contributed by atoms with Crippen LogP contribution in [-0.4, -0.2) is 21.4 Å². The Bertz CT molecular complexity index is 1150. The first kappa shape index (κ1) is 27.5. The molecule has 35 heavy (non-hydrogen) atoms. The fourth-order valence-corrected chi connectivity index (χ4v) is 4.98. The van der Waals surface area contributed by atoms with E-state index >= 15 is 4.39 Å². The van der Waals surface area contributed by atoms with Crippen molar-refractivity contribution in [3.63, 3.8) is 0 Å². The highest BCUT2D eigenvalue weighted by Crippen LogP contribution is 2.36. The third kappa shape index (κ3) is 8.22. The van der Waals surface area contributed by atoms with Gasteiger partial charge in [0.1, 0.15) is 5.82 Å². The SMILES string of the molecule is CCCCC(CC)CCc1ccc(-c2ccc(CCCCOP(=O)(O)O)c3ncccc23)cc1F. The number of hydrogen-bond donors (Lipinski definition) is 2. The van der Waals surface area contributed by atoms with Gasteiger partial charge >= 0.3 is 7.82 Å². The predicted molar refractivity (Wildman–Crippen MR) is 140 cm³/mol. The summed E-state index contributed by atoms with van der Waals surface area (Å²) in [6.45, 7) is 4.44. The number of pyridine rings is 1. The zero-order valence-corrected chi connectivity index (χ0v) is 21.6. The number of aromatic nitrogens is 1. The molecule has 1 atom stereocenters. The van der Waals surface area contributed by atoms with Crippen LogP contribution in [0.25, 0.3) is 22.0 Å². The summed E-state index contributed by atoms with van der Waals surface area (Å²) >= 11 is 0. The van der Waals surface area contributed by atoms with Crippen LogP contribution in [0.5, 0.6) is 0 Å². The highest BCUT2D eigenvalue weighted by molar-refractivity contribution is 7.46. The average Bonchev–Trinajstić information content (AvgIpc) is 2.84. The van der Waals surface area contributed by atoms with Gasteiger partial charge in [-0.2, -0.15) is 0 Å². The van der Waals surface area contributed by atoms with E-state index in [1.807, 2.05) is 36.4 Å². The molecule has 0 radical (unpaired) electrons. The Labute approximate surface area is 208 Å². The van der Waals surface area contributed by atoms with Crippen LogP contribution in [0.15, 0.2) is 48.7 Å². The highest BCUT2D eigenvalue weighted by atomic mass is 31.2. The Morgan fingerprint density at radius 3 is 2.51 bits per heavy atom. The van der Waals surface area contributed by atoms with Crippen molar-refractivity contribution in [3.05, 3.63) is 65.6 Å². The van der Waals surface area contributed by atoms with Crippen LogP contribution in [0, 0.1) is 11.7 Å². The van der Waals surface area contributed by atoms with Gasteiger partial charge in [-0.3, -0.25) is 9.51 Å². The van der Waals surface area contributed by atoms with E-state index in [-0.39, 0.29) is 12.4 Å². The van der Waals surface area contributed by atoms with Gasteiger partial charge in [-0.25, -0.2) is 8.96 Å². The van der Waals surface area contributed by atoms with Crippen LogP contribution < -0.4 is 0 Å². The molecule has 3 aromatic rings. The summed E-state index contributed by atoms with van der Waals surface area (Å²) in [7, 11) is -4.42. The summed E-state index contributed by atoms with van der Waals surface area (Å²) in [5, 5.41) is 0.967. The van der Waals surface area contributed by atoms with E-state index in [2.05, 4.69) is 23.4 Å². The first-order valence-electron chi connectivity index (χ1n) is 12.7. The molecule has 0 saturated heterocycles. The standard InChI is InChI=1S/C28H37FNO4P/c1-3-5-9-21(4-2)12-13-22-14-15-24(20-27(22)29)25-17-16-23(28-26(25)11-8-18-30-28)10-6-7-19-34-35(31,32)33/h8,11,14-18,20-21H,3-7,9-10,12-13,19H2,1-2H3,(H2,31,32,33). The Hall–Kier alpha value is -2.11. The zero-order valence-electron chi connectivity index (χ0n) is 20.8. The summed E-state index contributed by atoms with van der Waals surface area (Å²) in [6.07, 6.45) is 10.3. The normalized spacial score (nSPS) is 12.8. The van der Waals surface area contributed by atoms with Crippen molar-refractivity contribution in [2.24, 2.45) is 5.92 Å². The monoisotopic (exact) mass is 501 g/mol. The Morgan fingerprint density at radius 2 is 1.80 bits per heavy atom. The van der Waals surface area contributed by atoms with Crippen LogP contribution in [0.3, 0.4) is 0 Å². The van der Waals surface area contributed by atoms with Crippen molar-refractivity contribution in [1.82, 2.24) is 4.98 Å². The fourth-order valence-electron chi connectivity index (χ4n) is 4.61. The zero-order chi connectivity index (χ0) is 25.3. The van der Waals surface area contributed by atoms with Gasteiger partial charge in [0.15, 0.2) is 0 Å². The van der Waals surface area contributed by atoms with Gasteiger partial charge < -0.3 is 9.79 Å². The number of rotatable bonds is 14. The number of hydrogen-bond acceptors (Lipinski definition) is 3. The smallest absolute Gasteiger partial charge is 0.303 e. The quantitative estimate of drug-likeness (QED) is 0.175. The van der Waals surface area contributed by atoms with Gasteiger partial charge in [0.25, 0.3) is 0 Å². The molecule has 0 amide bonds. The van der Waals surface area contributed by atoms with E-state index in [0.717, 1.165) is 52.4 Å². The summed E-state index contributed by atoms with van der Waals surface area (Å²) in [6, 6.07) is 13.5. The molecule has 3 rings (SSSR count). The van der Waals surface area contributed by atoms with Crippen molar-refractivity contribution < 1.29 is 23.3 Å². The van der Waals surface area contributed by atoms with E-state index in [1.165, 1.54) is 19.3 Å². The second kappa shape index (κ2) is 13.3. The number of halogens is 1. The summed E-state index contributed by atoms with van der Waals surface area (Å²) in [5.41, 5.74) is 4.48. The molecule has 0 spiro atoms. The molecule has 0 aliphatic carbocycles. The number of phosphoric acid groups is 1. The Morgan fingerprint density at radius 1 is 1.00 bits per heavy atom. The molecule has 5 nitrogen and oxygen atoms in total. The van der Waals surface area contributed by atoms with Crippen molar-refractivity contribution in [2.75, 3.05) is 6.61 Å². The molecule has 0 aliphatic heterocycles. The van der Waals surface area contributed by atoms with E-state index in [4.69, 9.17) is 9.79 Å². The number of fused-ring (bicyclic) bond motifs is 1. The summed E-state index contributed by atoms with van der Waals surface area (Å²) in [4.78, 5) is 22.2. The molecule has 1 heterocycles. The molecule has 7 heteroatoms. The molecule has 0 bridgehead atoms. The Kier molecular flexibility index (Phi) is 10.4. The van der Waals surface area contributed by atoms with Crippen molar-refractivity contribution >= 4 is 18.7 Å². The maximum absolute atomic E-state index is 15.1. The number of benzene rings is 2. The molecule has 2 aromatic carbocycles. The summed E-state index contributed by atoms with van der Waals surface area (Å²) < 4.78 is 30.4. The molecule has 0 aliphatic rings. The number of nitrogens with zero attached hydrogens (tertiary/aromatic N) is 1. The maximum Gasteiger partial charge on any atom is 0.469 e. The molecule has 190 valence electrons. The van der Waals surface area contributed by atoms with E-state index in [0.29, 0.717) is 25.2 Å². The molecule has 1 unspecified atom stereocenters. The van der Waals surface area contributed by atoms with Crippen LogP contribution in [0.2, 0.25) is 0 Å². The molecular weight excluding hydrogens is 464 g/mol. The second-order valence-corrected chi connectivity index (χ2v) is 10.5. The minimum Gasteiger partial charge on any atom is -0.303 e. The number of aryl methyl sites for hydroxylation is 2. The van der Waals surface area contributed by atoms with Crippen molar-refractivity contribution in [1.29, 1.82) is 0 Å². The van der Waals surface area contributed by atoms with E-state index in [9.17, 15) is 4.57 Å². The Balaban J connectivity index is 1.73. The molecule has 0 fully saturated rings. The lowest BCUT2D eigenvalue weighted by Crippen LogP contribution is -2.02. The largest absolute Gasteiger partial charge is 0.469 e. The maximum atomic E-state index is 15.1. The highest BCUT2D eigenvalue weighted by Gasteiger charge is 2.14. The van der Waals surface area contributed by atoms with Crippen LogP contribution in [0.4, 0.5) is 4.39 Å². The van der Waals surface area contributed by atoms with Gasteiger partial charge in [-0.1, -0.05) is 69.9 Å². The third-order valence-corrected chi connectivity index (χ3v) is 7.20. The lowest BCUT2D eigenvalue weighted by molar-refractivity contribution is 0.194. The van der Waals surface area contributed by atoms with Gasteiger partial charge in [0, 0.05) is 11.6 Å². The predicted octanol–water partition coefficient (Wildman–Crippen LogP) is 7.62. The number of unbranched alkanes of at least 4 members (excludes halogenated alkanes) is 2. The van der Waals surface area contributed by atoms with Crippen LogP contribution in [0.1, 0.15) is 69.9 Å². The van der Waals surface area contributed by atoms with Crippen molar-refractivity contribution in [3.8, 4) is 11.1 Å². The van der Waals surface area contributed by atoms with Crippen LogP contribution >= 0.6 is 7.82 Å². The minimum atomic E-state index is -4.42. The molecule has 1 aromatic heterocycles. The lowest BCUT2D eigenvalue weighted by Gasteiger charge is -2.15. The van der Waals surface area contributed by atoms with E-state index in [1.54, 1.807) is 12.3 Å². The van der Waals surface area contributed by atoms with Crippen molar-refractivity contribution in [2.45, 2.75) is 71.6 Å². The van der Waals surface area contributed by atoms with Gasteiger partial charge in [0.05, 0.1) is 12.1 Å². The van der Waals surface area contributed by atoms with Gasteiger partial charge in [0.2, 0.25) is 0 Å². The van der Waals surface area contributed by atoms with E-state index < -0.39 is 7.82 Å². The van der Waals surface area contributed by atoms with Gasteiger partial charge in [-0.15, -0.1) is 0 Å². The lowest BCUT2D eigenvalue weighted by atomic mass is 9.91. The molecular formula is C28H37FNO4P. The fraction of sp³-hybridized carbons (Fsp3) is 0.464. The average molecular weight is 502 g/mol. The first-order chi connectivity index (χ1) is 16.8. The number of phosphoric ester groups is 1. The minimum absolute atomic E-state index is 0.0109. The third-order valence-electron chi connectivity index (χ3n) is 6.68. The molecule has 2 N–H and O–H groups in total. The van der Waals surface area contributed by atoms with Gasteiger partial charge in [-0.05, 0) is 72.4 Å². The van der Waals surface area contributed by atoms with Crippen LogP contribution in [-0.2, 0) is 21.9 Å². The topological polar surface area (TPSA) is 79.7 Å². The second-order valence-electron chi connectivity index (χ2n) is 9.21. The molecule has 0 saturated carbocycles. The summed E-state index contributed by atoms with van der Waals surface area (Å²) in [5.74, 6) is 0.499.